The summed E-state index contributed by atoms with van der Waals surface area (Å²) in [7, 11) is -2.14. The molecule has 3 N–H and O–H groups in total. The normalized spacial score (nSPS) is 12.1. The lowest BCUT2D eigenvalue weighted by atomic mass is 10.1. The average molecular weight is 454 g/mol. The molecule has 3 rings (SSSR count). The van der Waals surface area contributed by atoms with Crippen molar-refractivity contribution in [3.63, 3.8) is 0 Å². The van der Waals surface area contributed by atoms with Gasteiger partial charge in [-0.3, -0.25) is 4.79 Å². The van der Waals surface area contributed by atoms with Crippen LogP contribution in [0.2, 0.25) is 0 Å². The van der Waals surface area contributed by atoms with Crippen LogP contribution in [0.5, 0.6) is 5.75 Å². The highest BCUT2D eigenvalue weighted by atomic mass is 32.2. The van der Waals surface area contributed by atoms with E-state index in [2.05, 4.69) is 5.32 Å². The van der Waals surface area contributed by atoms with Gasteiger partial charge in [0.25, 0.3) is 0 Å². The largest absolute Gasteiger partial charge is 0.497 e. The van der Waals surface area contributed by atoms with Crippen molar-refractivity contribution >= 4 is 21.6 Å². The second-order valence-corrected chi connectivity index (χ2v) is 9.00. The third kappa shape index (κ3) is 6.32. The van der Waals surface area contributed by atoms with E-state index in [-0.39, 0.29) is 23.4 Å². The van der Waals surface area contributed by atoms with Gasteiger partial charge in [0.05, 0.1) is 24.6 Å². The third-order valence-electron chi connectivity index (χ3n) is 5.07. The van der Waals surface area contributed by atoms with Crippen LogP contribution in [0.15, 0.2) is 83.8 Å². The maximum absolute atomic E-state index is 12.9. The molecule has 1 atom stereocenters. The summed E-state index contributed by atoms with van der Waals surface area (Å²) in [6.07, 6.45) is 0. The number of nitrogens with one attached hydrogen (secondary N) is 1. The van der Waals surface area contributed by atoms with Crippen molar-refractivity contribution in [1.82, 2.24) is 5.32 Å². The standard InChI is InChI=1S/C24H27N3O4S/c1-18(20-8-14-23(15-9-20)32(25,29)30)26-24(28)17-27(16-19-6-4-3-5-7-19)21-10-12-22(31-2)13-11-21/h3-15,18H,16-17H2,1-2H3,(H,26,28)(H2,25,29,30). The molecule has 0 saturated heterocycles. The molecule has 0 aromatic heterocycles. The van der Waals surface area contributed by atoms with Crippen molar-refractivity contribution in [3.8, 4) is 5.75 Å². The van der Waals surface area contributed by atoms with E-state index in [1.54, 1.807) is 19.2 Å². The Kier molecular flexibility index (Phi) is 7.50. The van der Waals surface area contributed by atoms with Crippen molar-refractivity contribution in [2.24, 2.45) is 5.14 Å². The molecular weight excluding hydrogens is 426 g/mol. The fourth-order valence-corrected chi connectivity index (χ4v) is 3.84. The molecule has 0 fully saturated rings. The van der Waals surface area contributed by atoms with Crippen LogP contribution in [-0.4, -0.2) is 28.0 Å². The fraction of sp³-hybridized carbons (Fsp3) is 0.208. The summed E-state index contributed by atoms with van der Waals surface area (Å²) in [4.78, 5) is 14.9. The van der Waals surface area contributed by atoms with Crippen LogP contribution in [-0.2, 0) is 21.4 Å². The number of anilines is 1. The zero-order valence-corrected chi connectivity index (χ0v) is 18.9. The van der Waals surface area contributed by atoms with Crippen LogP contribution in [0.3, 0.4) is 0 Å². The minimum atomic E-state index is -3.75. The van der Waals surface area contributed by atoms with E-state index in [4.69, 9.17) is 9.88 Å². The van der Waals surface area contributed by atoms with Crippen molar-refractivity contribution in [2.75, 3.05) is 18.6 Å². The molecule has 1 amide bonds. The molecule has 0 radical (unpaired) electrons. The van der Waals surface area contributed by atoms with Crippen LogP contribution in [0.1, 0.15) is 24.1 Å². The van der Waals surface area contributed by atoms with Gasteiger partial charge in [0.2, 0.25) is 15.9 Å². The number of carbonyl (C=O) groups excluding carboxylic acids is 1. The molecule has 3 aromatic rings. The van der Waals surface area contributed by atoms with Gasteiger partial charge < -0.3 is 15.0 Å². The Morgan fingerprint density at radius 1 is 1.00 bits per heavy atom. The van der Waals surface area contributed by atoms with E-state index in [0.29, 0.717) is 6.54 Å². The number of nitrogens with zero attached hydrogens (tertiary/aromatic N) is 1. The molecule has 0 aliphatic carbocycles. The lowest BCUT2D eigenvalue weighted by molar-refractivity contribution is -0.120. The smallest absolute Gasteiger partial charge is 0.240 e. The van der Waals surface area contributed by atoms with Crippen molar-refractivity contribution < 1.29 is 17.9 Å². The highest BCUT2D eigenvalue weighted by Gasteiger charge is 2.16. The number of amides is 1. The topological polar surface area (TPSA) is 102 Å². The number of carbonyl (C=O) groups is 1. The summed E-state index contributed by atoms with van der Waals surface area (Å²) in [5, 5.41) is 8.12. The van der Waals surface area contributed by atoms with Crippen LogP contribution in [0.25, 0.3) is 0 Å². The number of primary sulfonamides is 1. The molecule has 0 aliphatic heterocycles. The first-order chi connectivity index (χ1) is 15.3. The van der Waals surface area contributed by atoms with E-state index in [1.807, 2.05) is 66.4 Å². The molecule has 1 unspecified atom stereocenters. The van der Waals surface area contributed by atoms with Crippen molar-refractivity contribution in [3.05, 3.63) is 90.0 Å². The zero-order valence-electron chi connectivity index (χ0n) is 18.1. The molecule has 168 valence electrons. The molecule has 0 spiro atoms. The van der Waals surface area contributed by atoms with Gasteiger partial charge in [0.1, 0.15) is 5.75 Å². The SMILES string of the molecule is COc1ccc(N(CC(=O)NC(C)c2ccc(S(N)(=O)=O)cc2)Cc2ccccc2)cc1. The Hall–Kier alpha value is -3.36. The molecule has 0 aliphatic rings. The predicted octanol–water partition coefficient (Wildman–Crippen LogP) is 3.23. The minimum absolute atomic E-state index is 0.0355. The van der Waals surface area contributed by atoms with Crippen molar-refractivity contribution in [1.29, 1.82) is 0 Å². The number of benzene rings is 3. The van der Waals surface area contributed by atoms with E-state index < -0.39 is 10.0 Å². The number of rotatable bonds is 9. The van der Waals surface area contributed by atoms with Gasteiger partial charge in [-0.2, -0.15) is 0 Å². The Morgan fingerprint density at radius 2 is 1.62 bits per heavy atom. The van der Waals surface area contributed by atoms with Crippen molar-refractivity contribution in [2.45, 2.75) is 24.4 Å². The minimum Gasteiger partial charge on any atom is -0.497 e. The molecule has 0 saturated carbocycles. The highest BCUT2D eigenvalue weighted by molar-refractivity contribution is 7.89. The Balaban J connectivity index is 1.72. The number of nitrogens with two attached hydrogens (primary N) is 1. The number of methoxy groups -OCH3 is 1. The number of hydrogen-bond acceptors (Lipinski definition) is 5. The maximum Gasteiger partial charge on any atom is 0.240 e. The first kappa shape index (κ1) is 23.3. The molecule has 7 nitrogen and oxygen atoms in total. The highest BCUT2D eigenvalue weighted by Crippen LogP contribution is 2.22. The van der Waals surface area contributed by atoms with Gasteiger partial charge in [0, 0.05) is 12.2 Å². The second-order valence-electron chi connectivity index (χ2n) is 7.44. The number of sulfonamides is 1. The van der Waals surface area contributed by atoms with E-state index >= 15 is 0 Å². The van der Waals surface area contributed by atoms with Gasteiger partial charge in [-0.25, -0.2) is 13.6 Å². The molecule has 32 heavy (non-hydrogen) atoms. The number of hydrogen-bond donors (Lipinski definition) is 2. The van der Waals surface area contributed by atoms with Gasteiger partial charge in [0.15, 0.2) is 0 Å². The maximum atomic E-state index is 12.9. The summed E-state index contributed by atoms with van der Waals surface area (Å²) in [5.41, 5.74) is 2.77. The summed E-state index contributed by atoms with van der Waals surface area (Å²) in [6, 6.07) is 23.4. The molecular formula is C24H27N3O4S. The zero-order chi connectivity index (χ0) is 23.1. The van der Waals surface area contributed by atoms with E-state index in [0.717, 1.165) is 22.6 Å². The Bertz CT molecular complexity index is 1130. The Labute approximate surface area is 188 Å². The van der Waals surface area contributed by atoms with Gasteiger partial charge in [-0.1, -0.05) is 42.5 Å². The number of ether oxygens (including phenoxy) is 1. The molecule has 8 heteroatoms. The van der Waals surface area contributed by atoms with Crippen LogP contribution < -0.4 is 20.1 Å². The van der Waals surface area contributed by atoms with Crippen LogP contribution >= 0.6 is 0 Å². The lowest BCUT2D eigenvalue weighted by Crippen LogP contribution is -2.38. The summed E-state index contributed by atoms with van der Waals surface area (Å²) >= 11 is 0. The van der Waals surface area contributed by atoms with E-state index in [9.17, 15) is 13.2 Å². The molecule has 0 heterocycles. The molecule has 0 bridgehead atoms. The average Bonchev–Trinajstić information content (AvgIpc) is 2.79. The summed E-state index contributed by atoms with van der Waals surface area (Å²) < 4.78 is 28.1. The van der Waals surface area contributed by atoms with E-state index in [1.165, 1.54) is 12.1 Å². The van der Waals surface area contributed by atoms with Crippen LogP contribution in [0.4, 0.5) is 5.69 Å². The van der Waals surface area contributed by atoms with Gasteiger partial charge >= 0.3 is 0 Å². The third-order valence-corrected chi connectivity index (χ3v) is 6.00. The van der Waals surface area contributed by atoms with Gasteiger partial charge in [-0.05, 0) is 54.4 Å². The molecule has 3 aromatic carbocycles. The summed E-state index contributed by atoms with van der Waals surface area (Å²) in [5.74, 6) is 0.592. The first-order valence-corrected chi connectivity index (χ1v) is 11.7. The summed E-state index contributed by atoms with van der Waals surface area (Å²) in [6.45, 7) is 2.57. The first-order valence-electron chi connectivity index (χ1n) is 10.1. The second kappa shape index (κ2) is 10.3. The van der Waals surface area contributed by atoms with Crippen LogP contribution in [0, 0.1) is 0 Å². The lowest BCUT2D eigenvalue weighted by Gasteiger charge is -2.26. The fourth-order valence-electron chi connectivity index (χ4n) is 3.33. The monoisotopic (exact) mass is 453 g/mol. The van der Waals surface area contributed by atoms with Gasteiger partial charge in [-0.15, -0.1) is 0 Å². The quantitative estimate of drug-likeness (QED) is 0.518. The predicted molar refractivity (Wildman–Crippen MR) is 125 cm³/mol. The Morgan fingerprint density at radius 3 is 2.19 bits per heavy atom.